The average Bonchev–Trinajstić information content (AvgIpc) is 2.66. The van der Waals surface area contributed by atoms with Gasteiger partial charge >= 0.3 is 0 Å². The van der Waals surface area contributed by atoms with Gasteiger partial charge in [0.15, 0.2) is 6.10 Å². The summed E-state index contributed by atoms with van der Waals surface area (Å²) in [6.45, 7) is 4.03. The van der Waals surface area contributed by atoms with E-state index in [9.17, 15) is 4.79 Å². The molecule has 1 N–H and O–H groups in total. The Morgan fingerprint density at radius 2 is 1.68 bits per heavy atom. The maximum absolute atomic E-state index is 12.6. The van der Waals surface area contributed by atoms with Gasteiger partial charge in [-0.25, -0.2) is 0 Å². The van der Waals surface area contributed by atoms with Crippen molar-refractivity contribution in [1.29, 1.82) is 0 Å². The van der Waals surface area contributed by atoms with Gasteiger partial charge in [-0.1, -0.05) is 62.4 Å². The second-order valence-corrected chi connectivity index (χ2v) is 6.02. The largest absolute Gasteiger partial charge is 0.481 e. The topological polar surface area (TPSA) is 38.3 Å². The molecule has 0 radical (unpaired) electrons. The van der Waals surface area contributed by atoms with E-state index in [1.54, 1.807) is 0 Å². The lowest BCUT2D eigenvalue weighted by Gasteiger charge is -2.18. The lowest BCUT2D eigenvalue weighted by molar-refractivity contribution is -0.122. The van der Waals surface area contributed by atoms with Crippen molar-refractivity contribution < 1.29 is 9.53 Å². The van der Waals surface area contributed by atoms with Crippen LogP contribution in [-0.4, -0.2) is 12.0 Å². The number of carbonyl (C=O) groups is 1. The highest BCUT2D eigenvalue weighted by Gasteiger charge is 2.19. The first-order chi connectivity index (χ1) is 12.2. The van der Waals surface area contributed by atoms with Crippen LogP contribution in [0.25, 0.3) is 10.8 Å². The number of fused-ring (bicyclic) bond motifs is 1. The fourth-order valence-corrected chi connectivity index (χ4v) is 2.89. The Kier molecular flexibility index (Phi) is 5.34. The molecule has 0 aliphatic carbocycles. The minimum Gasteiger partial charge on any atom is -0.481 e. The normalized spacial score (nSPS) is 11.9. The van der Waals surface area contributed by atoms with Crippen molar-refractivity contribution in [2.75, 3.05) is 5.32 Å². The number of aryl methyl sites for hydroxylation is 1. The molecule has 0 aromatic heterocycles. The Morgan fingerprint density at radius 1 is 0.960 bits per heavy atom. The van der Waals surface area contributed by atoms with E-state index in [1.807, 2.05) is 67.6 Å². The summed E-state index contributed by atoms with van der Waals surface area (Å²) in [5.41, 5.74) is 1.98. The van der Waals surface area contributed by atoms with Crippen molar-refractivity contribution in [3.8, 4) is 5.75 Å². The standard InChI is InChI=1S/C22H23NO2/c1-3-16-9-7-8-12-20(16)23-22(24)21(4-2)25-19-14-13-17-10-5-6-11-18(17)15-19/h5-15,21H,3-4H2,1-2H3,(H,23,24). The smallest absolute Gasteiger partial charge is 0.265 e. The molecule has 0 aliphatic rings. The summed E-state index contributed by atoms with van der Waals surface area (Å²) in [6, 6.07) is 21.9. The summed E-state index contributed by atoms with van der Waals surface area (Å²) in [4.78, 5) is 12.6. The van der Waals surface area contributed by atoms with Crippen LogP contribution in [0, 0.1) is 0 Å². The Bertz CT molecular complexity index is 873. The average molecular weight is 333 g/mol. The van der Waals surface area contributed by atoms with Gasteiger partial charge in [-0.15, -0.1) is 0 Å². The van der Waals surface area contributed by atoms with Gasteiger partial charge in [0, 0.05) is 5.69 Å². The van der Waals surface area contributed by atoms with Gasteiger partial charge in [0.1, 0.15) is 5.75 Å². The number of nitrogens with one attached hydrogen (secondary N) is 1. The maximum atomic E-state index is 12.6. The Morgan fingerprint density at radius 3 is 2.44 bits per heavy atom. The van der Waals surface area contributed by atoms with Crippen LogP contribution in [0.5, 0.6) is 5.75 Å². The molecule has 0 aliphatic heterocycles. The van der Waals surface area contributed by atoms with E-state index in [1.165, 1.54) is 0 Å². The third-order valence-corrected chi connectivity index (χ3v) is 4.32. The summed E-state index contributed by atoms with van der Waals surface area (Å²) in [7, 11) is 0. The number of hydrogen-bond acceptors (Lipinski definition) is 2. The van der Waals surface area contributed by atoms with Crippen LogP contribution in [-0.2, 0) is 11.2 Å². The number of para-hydroxylation sites is 1. The third kappa shape index (κ3) is 4.00. The van der Waals surface area contributed by atoms with Gasteiger partial charge in [-0.2, -0.15) is 0 Å². The molecule has 3 heteroatoms. The van der Waals surface area contributed by atoms with Crippen molar-refractivity contribution in [3.05, 3.63) is 72.3 Å². The second kappa shape index (κ2) is 7.84. The SMILES string of the molecule is CCc1ccccc1NC(=O)C(CC)Oc1ccc2ccccc2c1. The van der Waals surface area contributed by atoms with Gasteiger partial charge in [0.05, 0.1) is 0 Å². The number of anilines is 1. The summed E-state index contributed by atoms with van der Waals surface area (Å²) in [6.07, 6.45) is 0.956. The van der Waals surface area contributed by atoms with Crippen LogP contribution in [0.3, 0.4) is 0 Å². The molecule has 0 bridgehead atoms. The lowest BCUT2D eigenvalue weighted by atomic mass is 10.1. The first-order valence-corrected chi connectivity index (χ1v) is 8.75. The van der Waals surface area contributed by atoms with Crippen molar-refractivity contribution in [1.82, 2.24) is 0 Å². The molecule has 3 rings (SSSR count). The molecule has 3 aromatic rings. The number of hydrogen-bond donors (Lipinski definition) is 1. The van der Waals surface area contributed by atoms with E-state index in [0.717, 1.165) is 28.4 Å². The number of rotatable bonds is 6. The van der Waals surface area contributed by atoms with Crippen molar-refractivity contribution >= 4 is 22.4 Å². The molecule has 3 nitrogen and oxygen atoms in total. The molecule has 3 aromatic carbocycles. The van der Waals surface area contributed by atoms with Crippen molar-refractivity contribution in [2.24, 2.45) is 0 Å². The highest BCUT2D eigenvalue weighted by molar-refractivity contribution is 5.95. The molecular formula is C22H23NO2. The third-order valence-electron chi connectivity index (χ3n) is 4.32. The first-order valence-electron chi connectivity index (χ1n) is 8.75. The Balaban J connectivity index is 1.75. The monoisotopic (exact) mass is 333 g/mol. The molecule has 0 heterocycles. The number of carbonyl (C=O) groups excluding carboxylic acids is 1. The van der Waals surface area contributed by atoms with Gasteiger partial charge in [-0.05, 0) is 47.4 Å². The van der Waals surface area contributed by atoms with Crippen LogP contribution >= 0.6 is 0 Å². The molecule has 1 amide bonds. The minimum atomic E-state index is -0.522. The molecular weight excluding hydrogens is 310 g/mol. The summed E-state index contributed by atoms with van der Waals surface area (Å²) >= 11 is 0. The zero-order chi connectivity index (χ0) is 17.6. The zero-order valence-corrected chi connectivity index (χ0v) is 14.7. The molecule has 0 spiro atoms. The van der Waals surface area contributed by atoms with E-state index in [-0.39, 0.29) is 5.91 Å². The summed E-state index contributed by atoms with van der Waals surface area (Å²) in [5, 5.41) is 5.27. The summed E-state index contributed by atoms with van der Waals surface area (Å²) in [5.74, 6) is 0.598. The molecule has 0 saturated heterocycles. The quantitative estimate of drug-likeness (QED) is 0.673. The second-order valence-electron chi connectivity index (χ2n) is 6.02. The van der Waals surface area contributed by atoms with Crippen LogP contribution in [0.4, 0.5) is 5.69 Å². The Labute approximate surface area is 148 Å². The van der Waals surface area contributed by atoms with Crippen molar-refractivity contribution in [3.63, 3.8) is 0 Å². The number of ether oxygens (including phenoxy) is 1. The van der Waals surface area contributed by atoms with Crippen LogP contribution < -0.4 is 10.1 Å². The predicted molar refractivity (Wildman–Crippen MR) is 103 cm³/mol. The first kappa shape index (κ1) is 17.0. The van der Waals surface area contributed by atoms with Gasteiger partial charge in [-0.3, -0.25) is 4.79 Å². The highest BCUT2D eigenvalue weighted by atomic mass is 16.5. The van der Waals surface area contributed by atoms with Gasteiger partial charge in [0.25, 0.3) is 5.91 Å². The van der Waals surface area contributed by atoms with Crippen LogP contribution in [0.15, 0.2) is 66.7 Å². The minimum absolute atomic E-state index is 0.114. The Hall–Kier alpha value is -2.81. The molecule has 0 saturated carbocycles. The van der Waals surface area contributed by atoms with E-state index >= 15 is 0 Å². The van der Waals surface area contributed by atoms with Gasteiger partial charge < -0.3 is 10.1 Å². The number of amides is 1. The maximum Gasteiger partial charge on any atom is 0.265 e. The van der Waals surface area contributed by atoms with E-state index in [2.05, 4.69) is 18.3 Å². The predicted octanol–water partition coefficient (Wildman–Crippen LogP) is 5.20. The van der Waals surface area contributed by atoms with E-state index in [4.69, 9.17) is 4.74 Å². The van der Waals surface area contributed by atoms with E-state index < -0.39 is 6.10 Å². The molecule has 25 heavy (non-hydrogen) atoms. The zero-order valence-electron chi connectivity index (χ0n) is 14.7. The number of benzene rings is 3. The lowest BCUT2D eigenvalue weighted by Crippen LogP contribution is -2.32. The molecule has 1 atom stereocenters. The van der Waals surface area contributed by atoms with Crippen LogP contribution in [0.2, 0.25) is 0 Å². The molecule has 128 valence electrons. The molecule has 0 fully saturated rings. The fraction of sp³-hybridized carbons (Fsp3) is 0.227. The van der Waals surface area contributed by atoms with Crippen molar-refractivity contribution in [2.45, 2.75) is 32.8 Å². The fourth-order valence-electron chi connectivity index (χ4n) is 2.89. The molecule has 1 unspecified atom stereocenters. The van der Waals surface area contributed by atoms with E-state index in [0.29, 0.717) is 12.2 Å². The highest BCUT2D eigenvalue weighted by Crippen LogP contribution is 2.23. The van der Waals surface area contributed by atoms with Crippen LogP contribution in [0.1, 0.15) is 25.8 Å². The summed E-state index contributed by atoms with van der Waals surface area (Å²) < 4.78 is 5.97. The van der Waals surface area contributed by atoms with Gasteiger partial charge in [0.2, 0.25) is 0 Å².